The number of hydrogen-bond acceptors (Lipinski definition) is 3. The van der Waals surface area contributed by atoms with Gasteiger partial charge in [-0.2, -0.15) is 17.0 Å². The summed E-state index contributed by atoms with van der Waals surface area (Å²) in [6.07, 6.45) is 5.01. The fraction of sp³-hybridized carbons (Fsp3) is 0.222. The number of hydrogen-bond donors (Lipinski definition) is 0. The predicted octanol–water partition coefficient (Wildman–Crippen LogP) is 3.99. The van der Waals surface area contributed by atoms with Crippen LogP contribution in [0.2, 0.25) is 0 Å². The Balaban J connectivity index is 1.67. The summed E-state index contributed by atoms with van der Waals surface area (Å²) in [4.78, 5) is 4.39. The van der Waals surface area contributed by atoms with E-state index < -0.39 is 0 Å². The summed E-state index contributed by atoms with van der Waals surface area (Å²) in [6.45, 7) is 2.01. The minimum absolute atomic E-state index is 0.639. The number of fused-ring (bicyclic) bond motifs is 1. The van der Waals surface area contributed by atoms with Crippen molar-refractivity contribution in [3.05, 3.63) is 71.2 Å². The highest BCUT2D eigenvalue weighted by molar-refractivity contribution is 7.98. The molecule has 0 aliphatic rings. The molecule has 0 fully saturated rings. The van der Waals surface area contributed by atoms with Gasteiger partial charge < -0.3 is 4.40 Å². The van der Waals surface area contributed by atoms with Crippen LogP contribution in [0.15, 0.2) is 48.8 Å². The van der Waals surface area contributed by atoms with Crippen LogP contribution in [-0.4, -0.2) is 15.1 Å². The molecule has 1 aromatic carbocycles. The third-order valence-electron chi connectivity index (χ3n) is 3.57. The Bertz CT molecular complexity index is 815. The molecular formula is C18H17N3S. The zero-order valence-electron chi connectivity index (χ0n) is 12.5. The van der Waals surface area contributed by atoms with E-state index in [2.05, 4.69) is 41.5 Å². The molecule has 0 aliphatic heterocycles. The Kier molecular flexibility index (Phi) is 4.45. The number of aryl methyl sites for hydroxylation is 2. The van der Waals surface area contributed by atoms with Crippen LogP contribution >= 0.6 is 11.8 Å². The second kappa shape index (κ2) is 6.67. The van der Waals surface area contributed by atoms with Gasteiger partial charge in [0.25, 0.3) is 0 Å². The molecule has 2 heterocycles. The average molecular weight is 307 g/mol. The molecule has 22 heavy (non-hydrogen) atoms. The molecule has 3 aromatic rings. The average Bonchev–Trinajstić information content (AvgIpc) is 2.94. The molecular weight excluding hydrogens is 290 g/mol. The minimum Gasteiger partial charge on any atom is -0.302 e. The Hall–Kier alpha value is -2.25. The lowest BCUT2D eigenvalue weighted by Gasteiger charge is -2.05. The number of nitriles is 1. The van der Waals surface area contributed by atoms with Crippen molar-refractivity contribution < 1.29 is 0 Å². The molecule has 4 heteroatoms. The first kappa shape index (κ1) is 14.7. The van der Waals surface area contributed by atoms with Crippen LogP contribution in [0.5, 0.6) is 0 Å². The van der Waals surface area contributed by atoms with Gasteiger partial charge in [-0.3, -0.25) is 0 Å². The number of imidazole rings is 1. The fourth-order valence-electron chi connectivity index (χ4n) is 2.47. The topological polar surface area (TPSA) is 41.1 Å². The van der Waals surface area contributed by atoms with Crippen molar-refractivity contribution in [2.24, 2.45) is 0 Å². The summed E-state index contributed by atoms with van der Waals surface area (Å²) in [5, 5.41) is 9.20. The second-order valence-electron chi connectivity index (χ2n) is 5.27. The van der Waals surface area contributed by atoms with E-state index in [0.717, 1.165) is 34.8 Å². The fourth-order valence-corrected chi connectivity index (χ4v) is 3.42. The van der Waals surface area contributed by atoms with Gasteiger partial charge in [-0.15, -0.1) is 0 Å². The Morgan fingerprint density at radius 2 is 2.09 bits per heavy atom. The van der Waals surface area contributed by atoms with Gasteiger partial charge in [0.05, 0.1) is 17.5 Å². The summed E-state index contributed by atoms with van der Waals surface area (Å²) < 4.78 is 2.05. The van der Waals surface area contributed by atoms with Crippen molar-refractivity contribution in [2.45, 2.75) is 19.1 Å². The second-order valence-corrected chi connectivity index (χ2v) is 6.38. The number of thioether (sulfide) groups is 1. The maximum atomic E-state index is 9.20. The van der Waals surface area contributed by atoms with Gasteiger partial charge in [-0.25, -0.2) is 4.98 Å². The van der Waals surface area contributed by atoms with Crippen molar-refractivity contribution >= 4 is 17.4 Å². The summed E-state index contributed by atoms with van der Waals surface area (Å²) in [5.41, 5.74) is 4.99. The van der Waals surface area contributed by atoms with Gasteiger partial charge in [0.1, 0.15) is 6.07 Å². The normalized spacial score (nSPS) is 10.7. The monoisotopic (exact) mass is 307 g/mol. The predicted molar refractivity (Wildman–Crippen MR) is 91.0 cm³/mol. The lowest BCUT2D eigenvalue weighted by Crippen LogP contribution is -1.96. The van der Waals surface area contributed by atoms with Gasteiger partial charge in [0.15, 0.2) is 5.65 Å². The standard InChI is InChI=1S/C18H17N3S/c1-14-9-16(10-19)18-20-11-17(21(18)12-14)13-22-8-7-15-5-3-2-4-6-15/h2-6,9,11-12H,7-8,13H2,1H3. The molecule has 0 saturated carbocycles. The van der Waals surface area contributed by atoms with Crippen molar-refractivity contribution in [3.63, 3.8) is 0 Å². The molecule has 0 amide bonds. The first-order valence-corrected chi connectivity index (χ1v) is 8.42. The van der Waals surface area contributed by atoms with Gasteiger partial charge in [0.2, 0.25) is 0 Å². The highest BCUT2D eigenvalue weighted by Crippen LogP contribution is 2.19. The van der Waals surface area contributed by atoms with Crippen LogP contribution in [-0.2, 0) is 12.2 Å². The lowest BCUT2D eigenvalue weighted by molar-refractivity contribution is 1.07. The third kappa shape index (κ3) is 3.15. The highest BCUT2D eigenvalue weighted by atomic mass is 32.2. The molecule has 0 bridgehead atoms. The van der Waals surface area contributed by atoms with E-state index in [4.69, 9.17) is 0 Å². The van der Waals surface area contributed by atoms with Crippen molar-refractivity contribution in [2.75, 3.05) is 5.75 Å². The lowest BCUT2D eigenvalue weighted by atomic mass is 10.2. The van der Waals surface area contributed by atoms with E-state index in [0.29, 0.717) is 5.56 Å². The van der Waals surface area contributed by atoms with Gasteiger partial charge in [0, 0.05) is 11.9 Å². The molecule has 0 spiro atoms. The summed E-state index contributed by atoms with van der Waals surface area (Å²) in [7, 11) is 0. The maximum Gasteiger partial charge on any atom is 0.154 e. The minimum atomic E-state index is 0.639. The maximum absolute atomic E-state index is 9.20. The quantitative estimate of drug-likeness (QED) is 0.669. The van der Waals surface area contributed by atoms with Gasteiger partial charge >= 0.3 is 0 Å². The Morgan fingerprint density at radius 1 is 1.27 bits per heavy atom. The van der Waals surface area contributed by atoms with E-state index in [1.807, 2.05) is 41.4 Å². The molecule has 3 rings (SSSR count). The number of nitrogens with zero attached hydrogens (tertiary/aromatic N) is 3. The van der Waals surface area contributed by atoms with Crippen molar-refractivity contribution in [1.29, 1.82) is 5.26 Å². The first-order chi connectivity index (χ1) is 10.8. The van der Waals surface area contributed by atoms with E-state index in [9.17, 15) is 5.26 Å². The molecule has 0 atom stereocenters. The molecule has 110 valence electrons. The number of benzene rings is 1. The smallest absolute Gasteiger partial charge is 0.154 e. The molecule has 2 aromatic heterocycles. The van der Waals surface area contributed by atoms with Crippen LogP contribution in [0.4, 0.5) is 0 Å². The largest absolute Gasteiger partial charge is 0.302 e. The summed E-state index contributed by atoms with van der Waals surface area (Å²) >= 11 is 1.90. The molecule has 0 unspecified atom stereocenters. The third-order valence-corrected chi connectivity index (χ3v) is 4.56. The molecule has 0 saturated heterocycles. The van der Waals surface area contributed by atoms with E-state index in [1.54, 1.807) is 0 Å². The van der Waals surface area contributed by atoms with Gasteiger partial charge in [-0.1, -0.05) is 30.3 Å². The molecule has 0 N–H and O–H groups in total. The molecule has 0 aliphatic carbocycles. The van der Waals surface area contributed by atoms with Crippen LogP contribution < -0.4 is 0 Å². The van der Waals surface area contributed by atoms with Crippen LogP contribution in [0.1, 0.15) is 22.4 Å². The summed E-state index contributed by atoms with van der Waals surface area (Å²) in [5.74, 6) is 1.98. The number of aromatic nitrogens is 2. The zero-order valence-corrected chi connectivity index (χ0v) is 13.3. The van der Waals surface area contributed by atoms with Gasteiger partial charge in [-0.05, 0) is 36.3 Å². The SMILES string of the molecule is Cc1cc(C#N)c2ncc(CSCCc3ccccc3)n2c1. The molecule has 3 nitrogen and oxygen atoms in total. The Labute approximate surface area is 134 Å². The van der Waals surface area contributed by atoms with Crippen molar-refractivity contribution in [3.8, 4) is 6.07 Å². The number of pyridine rings is 1. The molecule has 0 radical (unpaired) electrons. The van der Waals surface area contributed by atoms with E-state index in [1.165, 1.54) is 5.56 Å². The van der Waals surface area contributed by atoms with E-state index >= 15 is 0 Å². The van der Waals surface area contributed by atoms with Crippen molar-refractivity contribution in [1.82, 2.24) is 9.38 Å². The summed E-state index contributed by atoms with van der Waals surface area (Å²) in [6, 6.07) is 14.6. The first-order valence-electron chi connectivity index (χ1n) is 7.26. The highest BCUT2D eigenvalue weighted by Gasteiger charge is 2.08. The Morgan fingerprint density at radius 3 is 2.86 bits per heavy atom. The van der Waals surface area contributed by atoms with Crippen LogP contribution in [0.25, 0.3) is 5.65 Å². The van der Waals surface area contributed by atoms with E-state index in [-0.39, 0.29) is 0 Å². The van der Waals surface area contributed by atoms with Crippen LogP contribution in [0.3, 0.4) is 0 Å². The number of rotatable bonds is 5. The zero-order chi connectivity index (χ0) is 15.4. The van der Waals surface area contributed by atoms with Crippen LogP contribution in [0, 0.1) is 18.3 Å².